The second-order valence-electron chi connectivity index (χ2n) is 10.9. The molecule has 2 nitrogen and oxygen atoms in total. The molecule has 0 bridgehead atoms. The normalized spacial score (nSPS) is 14.0. The van der Waals surface area contributed by atoms with Gasteiger partial charge in [-0.2, -0.15) is 52.7 Å². The highest BCUT2D eigenvalue weighted by atomic mass is 19.4. The average molecular weight is 686 g/mol. The first-order valence-electron chi connectivity index (χ1n) is 13.2. The Morgan fingerprint density at radius 1 is 0.404 bits per heavy atom. The number of nitrogens with zero attached hydrogens (tertiary/aromatic N) is 2. The largest absolute Gasteiger partial charge is 0.435 e. The average Bonchev–Trinajstić information content (AvgIpc) is 2.98. The van der Waals surface area contributed by atoms with Crippen molar-refractivity contribution in [1.82, 2.24) is 9.97 Å². The van der Waals surface area contributed by atoms with Crippen LogP contribution in [0, 0.1) is 0 Å². The van der Waals surface area contributed by atoms with Gasteiger partial charge in [-0.15, -0.1) is 0 Å². The third kappa shape index (κ3) is 6.13. The molecule has 0 saturated heterocycles. The molecule has 0 atom stereocenters. The van der Waals surface area contributed by atoms with E-state index >= 15 is 0 Å². The molecule has 0 radical (unpaired) electrons. The molecule has 4 rings (SSSR count). The number of hydrogen-bond donors (Lipinski definition) is 0. The Bertz CT molecular complexity index is 1600. The van der Waals surface area contributed by atoms with Gasteiger partial charge in [-0.3, -0.25) is 9.97 Å². The quantitative estimate of drug-likeness (QED) is 0.189. The first-order valence-corrected chi connectivity index (χ1v) is 13.2. The first kappa shape index (κ1) is 35.6. The first-order chi connectivity index (χ1) is 21.4. The van der Waals surface area contributed by atoms with Gasteiger partial charge in [-0.1, -0.05) is 48.5 Å². The highest BCUT2D eigenvalue weighted by molar-refractivity contribution is 5.63. The van der Waals surface area contributed by atoms with Gasteiger partial charge in [0, 0.05) is 27.7 Å². The van der Waals surface area contributed by atoms with E-state index in [1.165, 1.54) is 50.2 Å². The van der Waals surface area contributed by atoms with E-state index in [1.807, 2.05) is 0 Å². The minimum absolute atomic E-state index is 0.119. The molecule has 2 aromatic carbocycles. The molecule has 0 spiro atoms. The van der Waals surface area contributed by atoms with Gasteiger partial charge in [0.15, 0.2) is 0 Å². The molecule has 0 fully saturated rings. The smallest absolute Gasteiger partial charge is 0.252 e. The molecule has 4 aromatic rings. The Balaban J connectivity index is 1.76. The van der Waals surface area contributed by atoms with Crippen LogP contribution in [0.3, 0.4) is 0 Å². The van der Waals surface area contributed by atoms with Crippen molar-refractivity contribution in [2.45, 2.75) is 55.3 Å². The number of alkyl halides is 14. The molecule has 0 aliphatic heterocycles. The zero-order valence-corrected chi connectivity index (χ0v) is 23.8. The summed E-state index contributed by atoms with van der Waals surface area (Å²) in [7, 11) is 0. The maximum Gasteiger partial charge on any atom is 0.435 e. The number of rotatable bonds is 6. The fraction of sp³-hybridized carbons (Fsp3) is 0.290. The molecule has 0 aliphatic carbocycles. The zero-order chi connectivity index (χ0) is 35.4. The second-order valence-corrected chi connectivity index (χ2v) is 10.9. The lowest BCUT2D eigenvalue weighted by Crippen LogP contribution is -2.50. The summed E-state index contributed by atoms with van der Waals surface area (Å²) in [6.45, 7) is 3.05. The third-order valence-electron chi connectivity index (χ3n) is 7.45. The standard InChI is InChI=1S/C31H20F14N2/c1-25(2,23-13-5-11-21(46-23)17-7-3-9-19(15-17)26(32,28(34,35)36)29(37,38)39)24-14-6-12-22(47-24)18-8-4-10-20(16-18)27(33,30(40,41)42)31(43,44)45/h3-16H,1-2H3. The van der Waals surface area contributed by atoms with Crippen molar-refractivity contribution in [1.29, 1.82) is 0 Å². The van der Waals surface area contributed by atoms with Gasteiger partial charge in [0.05, 0.1) is 22.8 Å². The van der Waals surface area contributed by atoms with E-state index in [0.717, 1.165) is 24.3 Å². The summed E-state index contributed by atoms with van der Waals surface area (Å²) in [5.41, 5.74) is -16.8. The number of halogens is 14. The lowest BCUT2D eigenvalue weighted by molar-refractivity contribution is -0.349. The van der Waals surface area contributed by atoms with Crippen LogP contribution in [-0.2, 0) is 16.8 Å². The monoisotopic (exact) mass is 686 g/mol. The van der Waals surface area contributed by atoms with E-state index in [2.05, 4.69) is 9.97 Å². The lowest BCUT2D eigenvalue weighted by atomic mass is 9.84. The summed E-state index contributed by atoms with van der Waals surface area (Å²) >= 11 is 0. The van der Waals surface area contributed by atoms with Crippen molar-refractivity contribution in [3.63, 3.8) is 0 Å². The molecular formula is C31H20F14N2. The summed E-state index contributed by atoms with van der Waals surface area (Å²) in [5, 5.41) is 0. The van der Waals surface area contributed by atoms with Crippen molar-refractivity contribution >= 4 is 0 Å². The van der Waals surface area contributed by atoms with Crippen LogP contribution < -0.4 is 0 Å². The van der Waals surface area contributed by atoms with Gasteiger partial charge >= 0.3 is 36.0 Å². The van der Waals surface area contributed by atoms with Crippen molar-refractivity contribution < 1.29 is 61.5 Å². The summed E-state index contributed by atoms with van der Waals surface area (Å²) in [6.07, 6.45) is -25.4. The predicted molar refractivity (Wildman–Crippen MR) is 141 cm³/mol. The van der Waals surface area contributed by atoms with Crippen LogP contribution in [0.1, 0.15) is 36.4 Å². The Kier molecular flexibility index (Phi) is 8.69. The maximum atomic E-state index is 14.7. The van der Waals surface area contributed by atoms with Gasteiger partial charge in [0.25, 0.3) is 0 Å². The summed E-state index contributed by atoms with van der Waals surface area (Å²) in [4.78, 5) is 8.63. The van der Waals surface area contributed by atoms with Crippen LogP contribution in [0.15, 0.2) is 84.9 Å². The van der Waals surface area contributed by atoms with E-state index in [-0.39, 0.29) is 33.9 Å². The second kappa shape index (κ2) is 11.5. The SMILES string of the molecule is CC(C)(c1cccc(-c2cccc(C(F)(C(F)(F)F)C(F)(F)F)c2)n1)c1cccc(-c2cccc(C(F)(C(F)(F)F)C(F)(F)F)c2)n1. The summed E-state index contributed by atoms with van der Waals surface area (Å²) in [5.74, 6) is 0. The van der Waals surface area contributed by atoms with E-state index in [0.29, 0.717) is 24.3 Å². The van der Waals surface area contributed by atoms with Crippen molar-refractivity contribution in [2.24, 2.45) is 0 Å². The summed E-state index contributed by atoms with van der Waals surface area (Å²) in [6, 6.07) is 13.2. The topological polar surface area (TPSA) is 25.8 Å². The molecule has 0 aliphatic rings. The predicted octanol–water partition coefficient (Wildman–Crippen LogP) is 10.7. The van der Waals surface area contributed by atoms with Gasteiger partial charge in [0.2, 0.25) is 0 Å². The van der Waals surface area contributed by atoms with E-state index in [1.54, 1.807) is 0 Å². The Morgan fingerprint density at radius 3 is 1.00 bits per heavy atom. The maximum absolute atomic E-state index is 14.7. The van der Waals surface area contributed by atoms with E-state index in [9.17, 15) is 61.5 Å². The van der Waals surface area contributed by atoms with Gasteiger partial charge in [-0.25, -0.2) is 8.78 Å². The summed E-state index contributed by atoms with van der Waals surface area (Å²) < 4.78 is 189. The molecule has 16 heteroatoms. The van der Waals surface area contributed by atoms with Crippen LogP contribution in [0.2, 0.25) is 0 Å². The van der Waals surface area contributed by atoms with Crippen molar-refractivity contribution in [2.75, 3.05) is 0 Å². The highest BCUT2D eigenvalue weighted by Crippen LogP contribution is 2.55. The van der Waals surface area contributed by atoms with Gasteiger partial charge < -0.3 is 0 Å². The Hall–Kier alpha value is -4.24. The van der Waals surface area contributed by atoms with Crippen molar-refractivity contribution in [3.8, 4) is 22.5 Å². The minimum atomic E-state index is -6.34. The Labute approximate surface area is 257 Å². The molecular weight excluding hydrogens is 666 g/mol. The molecule has 2 heterocycles. The fourth-order valence-corrected chi connectivity index (χ4v) is 4.78. The molecule has 252 valence electrons. The van der Waals surface area contributed by atoms with Crippen molar-refractivity contribution in [3.05, 3.63) is 107 Å². The lowest BCUT2D eigenvalue weighted by Gasteiger charge is -2.30. The van der Waals surface area contributed by atoms with Gasteiger partial charge in [0.1, 0.15) is 0 Å². The zero-order valence-electron chi connectivity index (χ0n) is 23.8. The van der Waals surface area contributed by atoms with Crippen LogP contribution in [0.25, 0.3) is 22.5 Å². The van der Waals surface area contributed by atoms with Crippen LogP contribution in [0.4, 0.5) is 61.5 Å². The van der Waals surface area contributed by atoms with E-state index < -0.39 is 52.6 Å². The van der Waals surface area contributed by atoms with E-state index in [4.69, 9.17) is 0 Å². The Morgan fingerprint density at radius 2 is 0.702 bits per heavy atom. The third-order valence-corrected chi connectivity index (χ3v) is 7.45. The van der Waals surface area contributed by atoms with Crippen LogP contribution in [0.5, 0.6) is 0 Å². The number of benzene rings is 2. The fourth-order valence-electron chi connectivity index (χ4n) is 4.78. The van der Waals surface area contributed by atoms with Gasteiger partial charge in [-0.05, 0) is 50.2 Å². The molecule has 0 N–H and O–H groups in total. The molecule has 2 aromatic heterocycles. The van der Waals surface area contributed by atoms with Crippen LogP contribution >= 0.6 is 0 Å². The number of aromatic nitrogens is 2. The minimum Gasteiger partial charge on any atom is -0.252 e. The number of hydrogen-bond acceptors (Lipinski definition) is 2. The molecule has 0 unspecified atom stereocenters. The molecule has 47 heavy (non-hydrogen) atoms. The molecule has 0 amide bonds. The highest BCUT2D eigenvalue weighted by Gasteiger charge is 2.74. The number of pyridine rings is 2. The molecule has 0 saturated carbocycles. The van der Waals surface area contributed by atoms with Crippen LogP contribution in [-0.4, -0.2) is 34.7 Å².